The molecule has 0 aromatic heterocycles. The molecular formula is C15H23NO4. The molecule has 0 bridgehead atoms. The summed E-state index contributed by atoms with van der Waals surface area (Å²) in [5.74, 6) is -0.149. The number of rotatable bonds is 8. The number of esters is 1. The number of carbonyl (C=O) groups is 1. The van der Waals surface area contributed by atoms with E-state index in [9.17, 15) is 9.90 Å². The first-order valence-electron chi connectivity index (χ1n) is 6.81. The quantitative estimate of drug-likeness (QED) is 0.562. The maximum absolute atomic E-state index is 12.4. The van der Waals surface area contributed by atoms with E-state index in [-0.39, 0.29) is 11.7 Å². The molecule has 0 amide bonds. The van der Waals surface area contributed by atoms with E-state index in [4.69, 9.17) is 9.47 Å². The Hall–Kier alpha value is -1.59. The fourth-order valence-corrected chi connectivity index (χ4v) is 2.13. The Bertz CT molecular complexity index is 418. The van der Waals surface area contributed by atoms with E-state index in [0.29, 0.717) is 26.2 Å². The Morgan fingerprint density at radius 2 is 1.95 bits per heavy atom. The molecule has 0 aliphatic carbocycles. The van der Waals surface area contributed by atoms with Crippen LogP contribution in [0.4, 0.5) is 0 Å². The normalized spacial score (nSPS) is 13.8. The molecule has 1 aromatic carbocycles. The number of hydrogen-bond acceptors (Lipinski definition) is 5. The van der Waals surface area contributed by atoms with Gasteiger partial charge in [-0.15, -0.1) is 0 Å². The van der Waals surface area contributed by atoms with Gasteiger partial charge in [0.25, 0.3) is 0 Å². The lowest BCUT2D eigenvalue weighted by atomic mass is 9.87. The molecule has 0 aliphatic heterocycles. The molecule has 0 aliphatic rings. The lowest BCUT2D eigenvalue weighted by Gasteiger charge is -2.32. The van der Waals surface area contributed by atoms with Crippen LogP contribution in [-0.4, -0.2) is 37.9 Å². The summed E-state index contributed by atoms with van der Waals surface area (Å²) in [7, 11) is 1.61. The van der Waals surface area contributed by atoms with Crippen LogP contribution in [0.15, 0.2) is 24.3 Å². The predicted molar refractivity (Wildman–Crippen MR) is 76.6 cm³/mol. The van der Waals surface area contributed by atoms with Crippen molar-refractivity contribution < 1.29 is 19.4 Å². The number of phenols is 1. The van der Waals surface area contributed by atoms with Crippen LogP contribution < -0.4 is 5.32 Å². The molecule has 1 aromatic rings. The van der Waals surface area contributed by atoms with Gasteiger partial charge in [0.15, 0.2) is 0 Å². The number of methoxy groups -OCH3 is 1. The van der Waals surface area contributed by atoms with E-state index in [1.54, 1.807) is 38.3 Å². The molecule has 5 heteroatoms. The molecule has 0 heterocycles. The highest BCUT2D eigenvalue weighted by Crippen LogP contribution is 2.28. The third kappa shape index (κ3) is 3.71. The van der Waals surface area contributed by atoms with E-state index in [0.717, 1.165) is 5.56 Å². The van der Waals surface area contributed by atoms with Gasteiger partial charge in [-0.3, -0.25) is 5.32 Å². The van der Waals surface area contributed by atoms with E-state index < -0.39 is 5.54 Å². The second kappa shape index (κ2) is 7.87. The maximum atomic E-state index is 12.4. The maximum Gasteiger partial charge on any atom is 0.330 e. The van der Waals surface area contributed by atoms with Crippen LogP contribution in [0.3, 0.4) is 0 Å². The van der Waals surface area contributed by atoms with Crippen LogP contribution in [0.25, 0.3) is 0 Å². The summed E-state index contributed by atoms with van der Waals surface area (Å²) in [6.45, 7) is 5.06. The van der Waals surface area contributed by atoms with Crippen LogP contribution in [0.2, 0.25) is 0 Å². The standard InChI is InChI=1S/C15H23NO4/c1-4-15(14(18)20-5-2,16-10-11-19-3)12-6-8-13(17)9-7-12/h6-9,16-17H,4-5,10-11H2,1-3H3. The highest BCUT2D eigenvalue weighted by molar-refractivity contribution is 5.82. The first-order valence-corrected chi connectivity index (χ1v) is 6.81. The number of carbonyl (C=O) groups excluding carboxylic acids is 1. The zero-order valence-electron chi connectivity index (χ0n) is 12.3. The van der Waals surface area contributed by atoms with E-state index >= 15 is 0 Å². The lowest BCUT2D eigenvalue weighted by Crippen LogP contribution is -2.50. The van der Waals surface area contributed by atoms with Crippen LogP contribution in [0.5, 0.6) is 5.75 Å². The first-order chi connectivity index (χ1) is 9.60. The topological polar surface area (TPSA) is 67.8 Å². The zero-order valence-corrected chi connectivity index (χ0v) is 12.3. The molecule has 2 N–H and O–H groups in total. The van der Waals surface area contributed by atoms with Gasteiger partial charge in [-0.25, -0.2) is 4.79 Å². The molecule has 1 rings (SSSR count). The SMILES string of the molecule is CCOC(=O)C(CC)(NCCOC)c1ccc(O)cc1. The fraction of sp³-hybridized carbons (Fsp3) is 0.533. The Morgan fingerprint density at radius 1 is 1.30 bits per heavy atom. The Kier molecular flexibility index (Phi) is 6.48. The summed E-state index contributed by atoms with van der Waals surface area (Å²) in [5.41, 5.74) is -0.144. The molecule has 0 saturated carbocycles. The molecule has 5 nitrogen and oxygen atoms in total. The van der Waals surface area contributed by atoms with Crippen molar-refractivity contribution in [2.75, 3.05) is 26.9 Å². The molecule has 112 valence electrons. The van der Waals surface area contributed by atoms with Crippen molar-refractivity contribution in [1.82, 2.24) is 5.32 Å². The average Bonchev–Trinajstić information content (AvgIpc) is 2.45. The molecule has 20 heavy (non-hydrogen) atoms. The van der Waals surface area contributed by atoms with Gasteiger partial charge in [0.2, 0.25) is 0 Å². The van der Waals surface area contributed by atoms with Crippen molar-refractivity contribution >= 4 is 5.97 Å². The van der Waals surface area contributed by atoms with Gasteiger partial charge >= 0.3 is 5.97 Å². The summed E-state index contributed by atoms with van der Waals surface area (Å²) in [5, 5.41) is 12.6. The van der Waals surface area contributed by atoms with Gasteiger partial charge in [0.05, 0.1) is 13.2 Å². The van der Waals surface area contributed by atoms with Crippen molar-refractivity contribution in [3.63, 3.8) is 0 Å². The summed E-state index contributed by atoms with van der Waals surface area (Å²) in [4.78, 5) is 12.4. The Labute approximate surface area is 119 Å². The van der Waals surface area contributed by atoms with Crippen molar-refractivity contribution in [3.8, 4) is 5.75 Å². The molecule has 0 saturated heterocycles. The largest absolute Gasteiger partial charge is 0.508 e. The third-order valence-corrected chi connectivity index (χ3v) is 3.25. The number of phenolic OH excluding ortho intramolecular Hbond substituents is 1. The number of nitrogens with one attached hydrogen (secondary N) is 1. The highest BCUT2D eigenvalue weighted by atomic mass is 16.5. The number of ether oxygens (including phenoxy) is 2. The van der Waals surface area contributed by atoms with Crippen LogP contribution in [-0.2, 0) is 19.8 Å². The van der Waals surface area contributed by atoms with Gasteiger partial charge in [-0.2, -0.15) is 0 Å². The summed E-state index contributed by atoms with van der Waals surface area (Å²) < 4.78 is 10.2. The second-order valence-electron chi connectivity index (χ2n) is 4.45. The van der Waals surface area contributed by atoms with Gasteiger partial charge in [-0.05, 0) is 31.0 Å². The van der Waals surface area contributed by atoms with Gasteiger partial charge < -0.3 is 14.6 Å². The molecule has 0 radical (unpaired) electrons. The Morgan fingerprint density at radius 3 is 2.45 bits per heavy atom. The fourth-order valence-electron chi connectivity index (χ4n) is 2.13. The molecule has 0 fully saturated rings. The van der Waals surface area contributed by atoms with Gasteiger partial charge in [-0.1, -0.05) is 19.1 Å². The minimum atomic E-state index is -0.914. The smallest absolute Gasteiger partial charge is 0.330 e. The lowest BCUT2D eigenvalue weighted by molar-refractivity contribution is -0.152. The molecule has 1 atom stereocenters. The minimum Gasteiger partial charge on any atom is -0.508 e. The first kappa shape index (κ1) is 16.5. The second-order valence-corrected chi connectivity index (χ2v) is 4.45. The molecule has 0 spiro atoms. The van der Waals surface area contributed by atoms with Crippen molar-refractivity contribution in [1.29, 1.82) is 0 Å². The van der Waals surface area contributed by atoms with Crippen LogP contribution >= 0.6 is 0 Å². The summed E-state index contributed by atoms with van der Waals surface area (Å²) in [6, 6.07) is 6.60. The van der Waals surface area contributed by atoms with E-state index in [1.165, 1.54) is 0 Å². The number of benzene rings is 1. The van der Waals surface area contributed by atoms with Gasteiger partial charge in [0, 0.05) is 13.7 Å². The van der Waals surface area contributed by atoms with Crippen molar-refractivity contribution in [2.45, 2.75) is 25.8 Å². The predicted octanol–water partition coefficient (Wildman–Crippen LogP) is 1.80. The molecular weight excluding hydrogens is 258 g/mol. The zero-order chi connectivity index (χ0) is 15.0. The number of aromatic hydroxyl groups is 1. The third-order valence-electron chi connectivity index (χ3n) is 3.25. The van der Waals surface area contributed by atoms with Gasteiger partial charge in [0.1, 0.15) is 11.3 Å². The van der Waals surface area contributed by atoms with E-state index in [2.05, 4.69) is 5.32 Å². The monoisotopic (exact) mass is 281 g/mol. The van der Waals surface area contributed by atoms with Crippen LogP contribution in [0, 0.1) is 0 Å². The van der Waals surface area contributed by atoms with Crippen LogP contribution in [0.1, 0.15) is 25.8 Å². The highest BCUT2D eigenvalue weighted by Gasteiger charge is 2.39. The number of hydrogen-bond donors (Lipinski definition) is 2. The summed E-state index contributed by atoms with van der Waals surface area (Å²) in [6.07, 6.45) is 0.542. The molecule has 1 unspecified atom stereocenters. The Balaban J connectivity index is 3.08. The average molecular weight is 281 g/mol. The summed E-state index contributed by atoms with van der Waals surface area (Å²) >= 11 is 0. The van der Waals surface area contributed by atoms with Crippen molar-refractivity contribution in [2.24, 2.45) is 0 Å². The van der Waals surface area contributed by atoms with Crippen molar-refractivity contribution in [3.05, 3.63) is 29.8 Å². The minimum absolute atomic E-state index is 0.166. The van der Waals surface area contributed by atoms with E-state index in [1.807, 2.05) is 6.92 Å².